The van der Waals surface area contributed by atoms with Gasteiger partial charge in [-0.2, -0.15) is 0 Å². The monoisotopic (exact) mass is 550 g/mol. The van der Waals surface area contributed by atoms with Crippen LogP contribution in [0.3, 0.4) is 0 Å². The molecule has 4 aliphatic rings. The summed E-state index contributed by atoms with van der Waals surface area (Å²) in [5.74, 6) is 0. The molecule has 0 unspecified atom stereocenters. The second-order valence-corrected chi connectivity index (χ2v) is 10.0. The summed E-state index contributed by atoms with van der Waals surface area (Å²) in [5, 5.41) is 24.8. The molecule has 0 atom stereocenters. The van der Waals surface area contributed by atoms with Crippen LogP contribution in [0.1, 0.15) is 6.42 Å². The van der Waals surface area contributed by atoms with Gasteiger partial charge in [0.15, 0.2) is 5.35 Å². The minimum absolute atomic E-state index is 0.0846. The van der Waals surface area contributed by atoms with Crippen molar-refractivity contribution in [3.05, 3.63) is 77.8 Å². The highest BCUT2D eigenvalue weighted by Crippen LogP contribution is 2.33. The minimum atomic E-state index is -0.450. The Kier molecular flexibility index (Phi) is 6.86. The smallest absolute Gasteiger partial charge is 0.292 e. The van der Waals surface area contributed by atoms with Crippen molar-refractivity contribution < 1.29 is 14.9 Å². The molecule has 1 aliphatic carbocycles. The van der Waals surface area contributed by atoms with Crippen molar-refractivity contribution in [3.63, 3.8) is 0 Å². The molecule has 0 saturated carbocycles. The fourth-order valence-corrected chi connectivity index (χ4v) is 5.65. The lowest BCUT2D eigenvalue weighted by atomic mass is 10.1. The first-order valence-corrected chi connectivity index (χ1v) is 13.3. The molecule has 6 rings (SSSR count). The number of hydrogen-bond acceptors (Lipinski definition) is 10. The molecule has 1 aromatic heterocycles. The van der Waals surface area contributed by atoms with Crippen LogP contribution in [0.2, 0.25) is 0 Å². The second kappa shape index (κ2) is 10.6. The van der Waals surface area contributed by atoms with Crippen molar-refractivity contribution in [2.45, 2.75) is 13.0 Å². The van der Waals surface area contributed by atoms with E-state index in [4.69, 9.17) is 4.74 Å². The summed E-state index contributed by atoms with van der Waals surface area (Å²) in [6.45, 7) is 6.69. The molecular formula is C26H30N8O6. The predicted octanol–water partition coefficient (Wildman–Crippen LogP) is 0.805. The predicted molar refractivity (Wildman–Crippen MR) is 146 cm³/mol. The van der Waals surface area contributed by atoms with Gasteiger partial charge < -0.3 is 19.7 Å². The SMILES string of the molecule is O=c1c2n(O)[nH]n(CCCN3CCN(c4ccc([N+](=O)[O-])c(N5CCOCC5)c4)CC3)c=2c(=O)c2ncccc12. The fraction of sp³-hybridized carbons (Fsp3) is 0.423. The highest BCUT2D eigenvalue weighted by atomic mass is 16.6. The normalized spacial score (nSPS) is 16.7. The van der Waals surface area contributed by atoms with E-state index in [2.05, 4.69) is 20.0 Å². The summed E-state index contributed by atoms with van der Waals surface area (Å²) >= 11 is 0. The van der Waals surface area contributed by atoms with Crippen molar-refractivity contribution in [1.29, 1.82) is 0 Å². The van der Waals surface area contributed by atoms with Crippen LogP contribution in [-0.4, -0.2) is 93.8 Å². The van der Waals surface area contributed by atoms with Crippen molar-refractivity contribution in [3.8, 4) is 0 Å². The number of aromatic nitrogens is 4. The standard InChI is InChI=1S/C26H30N8O6/c35-25-19-3-1-6-27-22(19)26(36)23-24(25)33(37)28-32(23)8-2-7-29-9-11-30(12-10-29)18-4-5-20(34(38)39)21(17-18)31-13-15-40-16-14-31/h1,3-6,17,28,37H,2,7-16H2. The minimum Gasteiger partial charge on any atom is -0.412 e. The summed E-state index contributed by atoms with van der Waals surface area (Å²) in [5.41, 5.74) is 0.942. The number of rotatable bonds is 7. The van der Waals surface area contributed by atoms with E-state index in [1.807, 2.05) is 17.0 Å². The Morgan fingerprint density at radius 3 is 2.50 bits per heavy atom. The lowest BCUT2D eigenvalue weighted by Crippen LogP contribution is -2.46. The Morgan fingerprint density at radius 1 is 0.975 bits per heavy atom. The first kappa shape index (κ1) is 25.8. The van der Waals surface area contributed by atoms with Gasteiger partial charge in [0.2, 0.25) is 10.9 Å². The quantitative estimate of drug-likeness (QED) is 0.192. The zero-order chi connectivity index (χ0) is 27.8. The number of piperazine rings is 1. The number of fused-ring (bicyclic) bond motifs is 1. The van der Waals surface area contributed by atoms with Gasteiger partial charge >= 0.3 is 0 Å². The van der Waals surface area contributed by atoms with Gasteiger partial charge in [-0.1, -0.05) is 0 Å². The molecule has 0 spiro atoms. The van der Waals surface area contributed by atoms with Crippen molar-refractivity contribution >= 4 is 28.0 Å². The number of anilines is 2. The molecule has 0 amide bonds. The number of morpholine rings is 1. The maximum absolute atomic E-state index is 13.1. The molecule has 14 heteroatoms. The van der Waals surface area contributed by atoms with E-state index in [0.29, 0.717) is 49.8 Å². The number of H-pyrrole nitrogens is 1. The number of aromatic amines is 1. The lowest BCUT2D eigenvalue weighted by Gasteiger charge is -2.37. The second-order valence-electron chi connectivity index (χ2n) is 10.0. The summed E-state index contributed by atoms with van der Waals surface area (Å²) in [7, 11) is 0. The summed E-state index contributed by atoms with van der Waals surface area (Å²) in [4.78, 5) is 48.5. The van der Waals surface area contributed by atoms with Crippen LogP contribution in [0, 0.1) is 20.8 Å². The van der Waals surface area contributed by atoms with Gasteiger partial charge in [-0.3, -0.25) is 34.3 Å². The van der Waals surface area contributed by atoms with Crippen LogP contribution >= 0.6 is 0 Å². The van der Waals surface area contributed by atoms with Crippen molar-refractivity contribution in [2.24, 2.45) is 0 Å². The van der Waals surface area contributed by atoms with Gasteiger partial charge in [0.25, 0.3) is 5.69 Å². The van der Waals surface area contributed by atoms with Crippen molar-refractivity contribution in [2.75, 3.05) is 68.8 Å². The molecule has 210 valence electrons. The van der Waals surface area contributed by atoms with Crippen LogP contribution in [0.5, 0.6) is 0 Å². The molecule has 0 bridgehead atoms. The third-order valence-corrected chi connectivity index (χ3v) is 7.72. The number of pyridine rings is 1. The van der Waals surface area contributed by atoms with E-state index in [-0.39, 0.29) is 32.2 Å². The molecule has 4 heterocycles. The van der Waals surface area contributed by atoms with E-state index >= 15 is 0 Å². The lowest BCUT2D eigenvalue weighted by molar-refractivity contribution is -0.384. The number of nitrogens with one attached hydrogen (secondary N) is 1. The molecule has 2 aromatic rings. The number of nitro groups is 1. The highest BCUT2D eigenvalue weighted by Gasteiger charge is 2.25. The summed E-state index contributed by atoms with van der Waals surface area (Å²) in [6, 6.07) is 8.44. The third kappa shape index (κ3) is 4.64. The zero-order valence-electron chi connectivity index (χ0n) is 21.9. The Labute approximate surface area is 227 Å². The van der Waals surface area contributed by atoms with E-state index < -0.39 is 10.9 Å². The molecular weight excluding hydrogens is 520 g/mol. The largest absolute Gasteiger partial charge is 0.412 e. The molecule has 40 heavy (non-hydrogen) atoms. The van der Waals surface area contributed by atoms with Crippen molar-refractivity contribution in [1.82, 2.24) is 24.6 Å². The van der Waals surface area contributed by atoms with Gasteiger partial charge in [0, 0.05) is 70.3 Å². The third-order valence-electron chi connectivity index (χ3n) is 7.72. The number of nitro benzene ring substituents is 1. The number of aryl methyl sites for hydroxylation is 1. The van der Waals surface area contributed by atoms with Gasteiger partial charge in [-0.05, 0) is 30.7 Å². The van der Waals surface area contributed by atoms with E-state index in [9.17, 15) is 24.9 Å². The van der Waals surface area contributed by atoms with Gasteiger partial charge in [-0.25, -0.2) is 5.21 Å². The maximum Gasteiger partial charge on any atom is 0.292 e. The number of ether oxygens (including phenoxy) is 1. The number of hydrogen-bond donors (Lipinski definition) is 2. The first-order chi connectivity index (χ1) is 19.4. The molecule has 1 aromatic carbocycles. The van der Waals surface area contributed by atoms with Crippen LogP contribution in [0.15, 0.2) is 46.1 Å². The molecule has 0 radical (unpaired) electrons. The Morgan fingerprint density at radius 2 is 1.75 bits per heavy atom. The van der Waals surface area contributed by atoms with Gasteiger partial charge in [0.05, 0.1) is 23.5 Å². The topological polar surface area (TPSA) is 155 Å². The van der Waals surface area contributed by atoms with Crippen LogP contribution < -0.4 is 20.7 Å². The van der Waals surface area contributed by atoms with E-state index in [1.54, 1.807) is 12.1 Å². The Hall–Kier alpha value is -4.43. The molecule has 2 N–H and O–H groups in total. The molecule has 2 fully saturated rings. The van der Waals surface area contributed by atoms with Gasteiger partial charge in [-0.15, -0.1) is 4.85 Å². The summed E-state index contributed by atoms with van der Waals surface area (Å²) in [6.07, 6.45) is 2.16. The average Bonchev–Trinajstić information content (AvgIpc) is 3.32. The molecule has 3 aliphatic heterocycles. The van der Waals surface area contributed by atoms with Crippen LogP contribution in [-0.2, 0) is 11.3 Å². The average molecular weight is 551 g/mol. The zero-order valence-corrected chi connectivity index (χ0v) is 21.9. The Bertz CT molecular complexity index is 1730. The van der Waals surface area contributed by atoms with Gasteiger partial charge in [0.1, 0.15) is 16.6 Å². The summed E-state index contributed by atoms with van der Waals surface area (Å²) < 4.78 is 6.92. The van der Waals surface area contributed by atoms with E-state index in [0.717, 1.165) is 38.4 Å². The first-order valence-electron chi connectivity index (χ1n) is 13.3. The Balaban J connectivity index is 1.11. The van der Waals surface area contributed by atoms with Crippen LogP contribution in [0.4, 0.5) is 17.1 Å². The molecule has 14 nitrogen and oxygen atoms in total. The highest BCUT2D eigenvalue weighted by molar-refractivity contribution is 5.77. The van der Waals surface area contributed by atoms with Crippen LogP contribution in [0.25, 0.3) is 10.9 Å². The molecule has 2 saturated heterocycles. The fourth-order valence-electron chi connectivity index (χ4n) is 5.65. The number of nitrogens with zero attached hydrogens (tertiary/aromatic N) is 7. The maximum atomic E-state index is 13.1. The number of benzene rings is 1. The van der Waals surface area contributed by atoms with E-state index in [1.165, 1.54) is 16.9 Å².